The Morgan fingerprint density at radius 1 is 1.24 bits per heavy atom. The lowest BCUT2D eigenvalue weighted by Crippen LogP contribution is -2.42. The van der Waals surface area contributed by atoms with Crippen LogP contribution in [0, 0.1) is 0 Å². The number of thiophene rings is 1. The van der Waals surface area contributed by atoms with Crippen molar-refractivity contribution in [1.29, 1.82) is 0 Å². The summed E-state index contributed by atoms with van der Waals surface area (Å²) in [4.78, 5) is 3.94. The molecule has 0 bridgehead atoms. The molecule has 1 aliphatic heterocycles. The van der Waals surface area contributed by atoms with E-state index in [9.17, 15) is 0 Å². The lowest BCUT2D eigenvalue weighted by molar-refractivity contribution is 0.235. The van der Waals surface area contributed by atoms with Crippen LogP contribution in [-0.4, -0.2) is 31.1 Å². The third-order valence-corrected chi connectivity index (χ3v) is 4.28. The smallest absolute Gasteiger partial charge is 0.0347 e. The molecule has 1 aromatic carbocycles. The van der Waals surface area contributed by atoms with Crippen LogP contribution < -0.4 is 11.1 Å². The number of piperazine rings is 1. The molecule has 0 aliphatic carbocycles. The van der Waals surface area contributed by atoms with E-state index >= 15 is 0 Å². The zero-order valence-electron chi connectivity index (χ0n) is 9.78. The van der Waals surface area contributed by atoms with Crippen LogP contribution in [0.25, 0.3) is 10.1 Å². The number of hydrogen-bond donors (Lipinski definition) is 2. The van der Waals surface area contributed by atoms with Crippen LogP contribution in [0.5, 0.6) is 0 Å². The number of rotatable bonds is 2. The standard InChI is InChI=1S/C13H17N3S/c14-11-1-2-13-10(7-11)8-12(17-13)9-16-5-3-15-4-6-16/h1-2,7-8,15H,3-6,9,14H2. The Bertz CT molecular complexity index is 514. The van der Waals surface area contributed by atoms with E-state index in [0.29, 0.717) is 0 Å². The Morgan fingerprint density at radius 2 is 2.06 bits per heavy atom. The fourth-order valence-electron chi connectivity index (χ4n) is 2.28. The van der Waals surface area contributed by atoms with Crippen LogP contribution >= 0.6 is 11.3 Å². The van der Waals surface area contributed by atoms with Gasteiger partial charge in [-0.05, 0) is 29.7 Å². The van der Waals surface area contributed by atoms with Crippen molar-refractivity contribution in [3.63, 3.8) is 0 Å². The molecule has 3 rings (SSSR count). The molecule has 0 atom stereocenters. The summed E-state index contributed by atoms with van der Waals surface area (Å²) in [5.41, 5.74) is 6.65. The van der Waals surface area contributed by atoms with E-state index < -0.39 is 0 Å². The van der Waals surface area contributed by atoms with Gasteiger partial charge in [0.1, 0.15) is 0 Å². The van der Waals surface area contributed by atoms with Crippen molar-refractivity contribution in [3.05, 3.63) is 29.1 Å². The van der Waals surface area contributed by atoms with Crippen molar-refractivity contribution >= 4 is 27.1 Å². The van der Waals surface area contributed by atoms with Gasteiger partial charge in [-0.25, -0.2) is 0 Å². The van der Waals surface area contributed by atoms with Gasteiger partial charge in [0.05, 0.1) is 0 Å². The number of anilines is 1. The largest absolute Gasteiger partial charge is 0.399 e. The van der Waals surface area contributed by atoms with Crippen LogP contribution in [0.15, 0.2) is 24.3 Å². The summed E-state index contributed by atoms with van der Waals surface area (Å²) >= 11 is 1.88. The fourth-order valence-corrected chi connectivity index (χ4v) is 3.37. The third-order valence-electron chi connectivity index (χ3n) is 3.18. The van der Waals surface area contributed by atoms with Gasteiger partial charge in [-0.2, -0.15) is 0 Å². The van der Waals surface area contributed by atoms with E-state index in [1.54, 1.807) is 0 Å². The molecule has 1 aromatic heterocycles. The van der Waals surface area contributed by atoms with Crippen LogP contribution in [0.2, 0.25) is 0 Å². The topological polar surface area (TPSA) is 41.3 Å². The lowest BCUT2D eigenvalue weighted by Gasteiger charge is -2.26. The molecule has 1 aliphatic rings. The maximum absolute atomic E-state index is 5.80. The first-order valence-corrected chi connectivity index (χ1v) is 6.84. The summed E-state index contributed by atoms with van der Waals surface area (Å²) in [6, 6.07) is 8.44. The van der Waals surface area contributed by atoms with Gasteiger partial charge in [0.25, 0.3) is 0 Å². The highest BCUT2D eigenvalue weighted by atomic mass is 32.1. The van der Waals surface area contributed by atoms with Gasteiger partial charge in [0.15, 0.2) is 0 Å². The van der Waals surface area contributed by atoms with Crippen molar-refractivity contribution in [1.82, 2.24) is 10.2 Å². The Balaban J connectivity index is 1.80. The molecule has 2 aromatic rings. The van der Waals surface area contributed by atoms with E-state index in [2.05, 4.69) is 28.4 Å². The molecule has 0 amide bonds. The number of fused-ring (bicyclic) bond motifs is 1. The van der Waals surface area contributed by atoms with Crippen LogP contribution in [-0.2, 0) is 6.54 Å². The second-order valence-electron chi connectivity index (χ2n) is 4.54. The molecule has 3 N–H and O–H groups in total. The fraction of sp³-hybridized carbons (Fsp3) is 0.385. The average molecular weight is 247 g/mol. The molecule has 1 fully saturated rings. The number of nitrogens with one attached hydrogen (secondary N) is 1. The average Bonchev–Trinajstić information content (AvgIpc) is 2.71. The second-order valence-corrected chi connectivity index (χ2v) is 5.70. The molecular formula is C13H17N3S. The van der Waals surface area contributed by atoms with Crippen LogP contribution in [0.1, 0.15) is 4.88 Å². The lowest BCUT2D eigenvalue weighted by atomic mass is 10.2. The predicted octanol–water partition coefficient (Wildman–Crippen LogP) is 1.89. The molecule has 0 unspecified atom stereocenters. The first-order chi connectivity index (χ1) is 8.31. The predicted molar refractivity (Wildman–Crippen MR) is 74.4 cm³/mol. The van der Waals surface area contributed by atoms with Crippen molar-refractivity contribution in [3.8, 4) is 0 Å². The second kappa shape index (κ2) is 4.64. The highest BCUT2D eigenvalue weighted by molar-refractivity contribution is 7.19. The molecule has 2 heterocycles. The monoisotopic (exact) mass is 247 g/mol. The van der Waals surface area contributed by atoms with Gasteiger partial charge in [-0.3, -0.25) is 4.90 Å². The molecule has 0 radical (unpaired) electrons. The number of nitrogen functional groups attached to an aromatic ring is 1. The van der Waals surface area contributed by atoms with E-state index in [0.717, 1.165) is 38.4 Å². The number of benzene rings is 1. The number of hydrogen-bond acceptors (Lipinski definition) is 4. The molecule has 0 saturated carbocycles. The highest BCUT2D eigenvalue weighted by Gasteiger charge is 2.11. The van der Waals surface area contributed by atoms with Crippen molar-refractivity contribution < 1.29 is 0 Å². The van der Waals surface area contributed by atoms with E-state index in [1.165, 1.54) is 15.0 Å². The molecule has 3 nitrogen and oxygen atoms in total. The summed E-state index contributed by atoms with van der Waals surface area (Å²) in [6.07, 6.45) is 0. The van der Waals surface area contributed by atoms with Crippen molar-refractivity contribution in [2.45, 2.75) is 6.54 Å². The Labute approximate surface area is 105 Å². The van der Waals surface area contributed by atoms with E-state index in [-0.39, 0.29) is 0 Å². The highest BCUT2D eigenvalue weighted by Crippen LogP contribution is 2.28. The first-order valence-electron chi connectivity index (χ1n) is 6.02. The molecule has 17 heavy (non-hydrogen) atoms. The summed E-state index contributed by atoms with van der Waals surface area (Å²) in [7, 11) is 0. The number of nitrogens with zero attached hydrogens (tertiary/aromatic N) is 1. The molecule has 0 spiro atoms. The molecule has 4 heteroatoms. The van der Waals surface area contributed by atoms with Gasteiger partial charge in [0.2, 0.25) is 0 Å². The van der Waals surface area contributed by atoms with E-state index in [1.807, 2.05) is 17.4 Å². The zero-order valence-corrected chi connectivity index (χ0v) is 10.6. The maximum atomic E-state index is 5.80. The summed E-state index contributed by atoms with van der Waals surface area (Å²) < 4.78 is 1.34. The minimum atomic E-state index is 0.851. The normalized spacial score (nSPS) is 17.6. The zero-order chi connectivity index (χ0) is 11.7. The Kier molecular flexibility index (Phi) is 3.01. The Morgan fingerprint density at radius 3 is 2.88 bits per heavy atom. The first kappa shape index (κ1) is 11.0. The minimum Gasteiger partial charge on any atom is -0.399 e. The number of nitrogens with two attached hydrogens (primary N) is 1. The van der Waals surface area contributed by atoms with Crippen LogP contribution in [0.3, 0.4) is 0 Å². The van der Waals surface area contributed by atoms with Crippen molar-refractivity contribution in [2.75, 3.05) is 31.9 Å². The SMILES string of the molecule is Nc1ccc2sc(CN3CCNCC3)cc2c1. The Hall–Kier alpha value is -1.10. The summed E-state index contributed by atoms with van der Waals surface area (Å²) in [5.74, 6) is 0. The van der Waals surface area contributed by atoms with E-state index in [4.69, 9.17) is 5.73 Å². The molecule has 90 valence electrons. The maximum Gasteiger partial charge on any atom is 0.0347 e. The molecular weight excluding hydrogens is 230 g/mol. The summed E-state index contributed by atoms with van der Waals surface area (Å²) in [6.45, 7) is 5.59. The third kappa shape index (κ3) is 2.44. The van der Waals surface area contributed by atoms with Gasteiger partial charge >= 0.3 is 0 Å². The van der Waals surface area contributed by atoms with Gasteiger partial charge < -0.3 is 11.1 Å². The van der Waals surface area contributed by atoms with Gasteiger partial charge in [-0.1, -0.05) is 0 Å². The van der Waals surface area contributed by atoms with Crippen LogP contribution in [0.4, 0.5) is 5.69 Å². The van der Waals surface area contributed by atoms with Gasteiger partial charge in [-0.15, -0.1) is 11.3 Å². The van der Waals surface area contributed by atoms with Crippen molar-refractivity contribution in [2.24, 2.45) is 0 Å². The summed E-state index contributed by atoms with van der Waals surface area (Å²) in [5, 5.41) is 4.66. The van der Waals surface area contributed by atoms with Gasteiger partial charge in [0, 0.05) is 48.0 Å². The minimum absolute atomic E-state index is 0.851. The molecule has 1 saturated heterocycles. The quantitative estimate of drug-likeness (QED) is 0.796.